The molecule has 2 nitrogen and oxygen atoms in total. The highest BCUT2D eigenvalue weighted by molar-refractivity contribution is 6.33. The molecular weight excluding hydrogens is 342 g/mol. The van der Waals surface area contributed by atoms with E-state index < -0.39 is 5.60 Å². The molecule has 3 aromatic carbocycles. The van der Waals surface area contributed by atoms with Crippen LogP contribution < -0.4 is 0 Å². The SMILES string of the molecule is CN=C1C(c2ccccc2)=CC=C(c2ccccc2)C1(OC)c1ccccc1. The van der Waals surface area contributed by atoms with Gasteiger partial charge in [0.2, 0.25) is 0 Å². The van der Waals surface area contributed by atoms with Gasteiger partial charge in [-0.3, -0.25) is 4.99 Å². The molecule has 0 N–H and O–H groups in total. The quantitative estimate of drug-likeness (QED) is 0.574. The standard InChI is InChI=1S/C26H23NO/c1-27-25-23(20-12-6-3-7-13-20)18-19-24(21-14-8-4-9-15-21)26(25,28-2)22-16-10-5-11-17-22/h3-19H,1-2H3. The molecule has 28 heavy (non-hydrogen) atoms. The van der Waals surface area contributed by atoms with E-state index in [-0.39, 0.29) is 0 Å². The lowest BCUT2D eigenvalue weighted by molar-refractivity contribution is 0.0995. The highest BCUT2D eigenvalue weighted by atomic mass is 16.5. The van der Waals surface area contributed by atoms with E-state index >= 15 is 0 Å². The second-order valence-corrected chi connectivity index (χ2v) is 6.72. The number of benzene rings is 3. The molecule has 0 radical (unpaired) electrons. The average Bonchev–Trinajstić information content (AvgIpc) is 2.79. The lowest BCUT2D eigenvalue weighted by Gasteiger charge is -2.40. The van der Waals surface area contributed by atoms with Gasteiger partial charge in [-0.1, -0.05) is 103 Å². The molecule has 0 aliphatic heterocycles. The normalized spacial score (nSPS) is 20.6. The summed E-state index contributed by atoms with van der Waals surface area (Å²) in [7, 11) is 3.61. The van der Waals surface area contributed by atoms with Gasteiger partial charge in [0.25, 0.3) is 0 Å². The summed E-state index contributed by atoms with van der Waals surface area (Å²) in [6.07, 6.45) is 4.32. The molecule has 0 bridgehead atoms. The van der Waals surface area contributed by atoms with E-state index in [2.05, 4.69) is 72.8 Å². The summed E-state index contributed by atoms with van der Waals surface area (Å²) in [5.41, 5.74) is 5.61. The molecular formula is C26H23NO. The minimum atomic E-state index is -0.780. The molecule has 0 aromatic heterocycles. The number of allylic oxidation sites excluding steroid dienone is 2. The van der Waals surface area contributed by atoms with Crippen LogP contribution in [0.5, 0.6) is 0 Å². The molecule has 1 atom stereocenters. The first kappa shape index (κ1) is 18.1. The summed E-state index contributed by atoms with van der Waals surface area (Å²) in [5, 5.41) is 0. The predicted octanol–water partition coefficient (Wildman–Crippen LogP) is 5.78. The zero-order chi connectivity index (χ0) is 19.4. The van der Waals surface area contributed by atoms with Crippen molar-refractivity contribution in [3.05, 3.63) is 120 Å². The number of hydrogen-bond acceptors (Lipinski definition) is 2. The van der Waals surface area contributed by atoms with Crippen LogP contribution >= 0.6 is 0 Å². The van der Waals surface area contributed by atoms with Gasteiger partial charge in [0.15, 0.2) is 5.60 Å². The molecule has 0 spiro atoms. The Morgan fingerprint density at radius 1 is 0.679 bits per heavy atom. The van der Waals surface area contributed by atoms with Gasteiger partial charge in [-0.2, -0.15) is 0 Å². The molecule has 0 fully saturated rings. The van der Waals surface area contributed by atoms with Crippen LogP contribution in [0.4, 0.5) is 0 Å². The molecule has 2 heteroatoms. The largest absolute Gasteiger partial charge is 0.362 e. The lowest BCUT2D eigenvalue weighted by Crippen LogP contribution is -2.41. The summed E-state index contributed by atoms with van der Waals surface area (Å²) in [4.78, 5) is 4.76. The predicted molar refractivity (Wildman–Crippen MR) is 117 cm³/mol. The van der Waals surface area contributed by atoms with Gasteiger partial charge in [-0.05, 0) is 16.7 Å². The maximum absolute atomic E-state index is 6.35. The van der Waals surface area contributed by atoms with Crippen LogP contribution in [0.3, 0.4) is 0 Å². The first-order valence-corrected chi connectivity index (χ1v) is 9.43. The minimum absolute atomic E-state index is 0.780. The molecule has 4 rings (SSSR count). The number of nitrogens with zero attached hydrogens (tertiary/aromatic N) is 1. The molecule has 0 heterocycles. The van der Waals surface area contributed by atoms with Crippen LogP contribution in [0.25, 0.3) is 11.1 Å². The van der Waals surface area contributed by atoms with Gasteiger partial charge >= 0.3 is 0 Å². The van der Waals surface area contributed by atoms with E-state index in [4.69, 9.17) is 9.73 Å². The second-order valence-electron chi connectivity index (χ2n) is 6.72. The Kier molecular flexibility index (Phi) is 5.05. The molecule has 1 unspecified atom stereocenters. The number of aliphatic imine (C=N–C) groups is 1. The van der Waals surface area contributed by atoms with Crippen molar-refractivity contribution < 1.29 is 4.74 Å². The number of hydrogen-bond donors (Lipinski definition) is 0. The van der Waals surface area contributed by atoms with Crippen molar-refractivity contribution in [1.29, 1.82) is 0 Å². The van der Waals surface area contributed by atoms with Crippen LogP contribution in [-0.2, 0) is 10.3 Å². The molecule has 1 aliphatic rings. The molecule has 3 aromatic rings. The monoisotopic (exact) mass is 365 g/mol. The van der Waals surface area contributed by atoms with Gasteiger partial charge in [0.05, 0.1) is 5.71 Å². The fourth-order valence-electron chi connectivity index (χ4n) is 4.02. The third-order valence-corrected chi connectivity index (χ3v) is 5.26. The van der Waals surface area contributed by atoms with Crippen LogP contribution in [0.2, 0.25) is 0 Å². The summed E-state index contributed by atoms with van der Waals surface area (Å²) in [6, 6.07) is 31.1. The zero-order valence-corrected chi connectivity index (χ0v) is 16.2. The third kappa shape index (κ3) is 2.92. The summed E-state index contributed by atoms with van der Waals surface area (Å²) >= 11 is 0. The summed E-state index contributed by atoms with van der Waals surface area (Å²) in [5.74, 6) is 0. The Labute approximate surface area is 166 Å². The number of ether oxygens (including phenoxy) is 1. The number of methoxy groups -OCH3 is 1. The lowest BCUT2D eigenvalue weighted by atomic mass is 9.72. The topological polar surface area (TPSA) is 21.6 Å². The molecule has 1 aliphatic carbocycles. The fraction of sp³-hybridized carbons (Fsp3) is 0.115. The van der Waals surface area contributed by atoms with Crippen molar-refractivity contribution in [2.24, 2.45) is 4.99 Å². The summed E-state index contributed by atoms with van der Waals surface area (Å²) < 4.78 is 6.35. The van der Waals surface area contributed by atoms with Crippen molar-refractivity contribution in [3.8, 4) is 0 Å². The van der Waals surface area contributed by atoms with E-state index in [1.807, 2.05) is 37.4 Å². The fourth-order valence-corrected chi connectivity index (χ4v) is 4.02. The molecule has 138 valence electrons. The average molecular weight is 365 g/mol. The van der Waals surface area contributed by atoms with E-state index in [1.54, 1.807) is 7.11 Å². The van der Waals surface area contributed by atoms with E-state index in [9.17, 15) is 0 Å². The van der Waals surface area contributed by atoms with Crippen LogP contribution in [0.15, 0.2) is 108 Å². The first-order chi connectivity index (χ1) is 13.8. The highest BCUT2D eigenvalue weighted by Gasteiger charge is 2.45. The first-order valence-electron chi connectivity index (χ1n) is 9.43. The van der Waals surface area contributed by atoms with Crippen molar-refractivity contribution in [1.82, 2.24) is 0 Å². The van der Waals surface area contributed by atoms with E-state index in [0.717, 1.165) is 33.5 Å². The van der Waals surface area contributed by atoms with Gasteiger partial charge in [-0.15, -0.1) is 0 Å². The minimum Gasteiger partial charge on any atom is -0.362 e. The Morgan fingerprint density at radius 3 is 1.75 bits per heavy atom. The molecule has 0 amide bonds. The van der Waals surface area contributed by atoms with Crippen LogP contribution in [0.1, 0.15) is 16.7 Å². The van der Waals surface area contributed by atoms with Crippen molar-refractivity contribution >= 4 is 16.9 Å². The van der Waals surface area contributed by atoms with Crippen LogP contribution in [-0.4, -0.2) is 19.9 Å². The van der Waals surface area contributed by atoms with Crippen molar-refractivity contribution in [2.75, 3.05) is 14.2 Å². The maximum Gasteiger partial charge on any atom is 0.160 e. The van der Waals surface area contributed by atoms with Crippen molar-refractivity contribution in [2.45, 2.75) is 5.60 Å². The Morgan fingerprint density at radius 2 is 1.21 bits per heavy atom. The van der Waals surface area contributed by atoms with Crippen molar-refractivity contribution in [3.63, 3.8) is 0 Å². The molecule has 0 saturated carbocycles. The van der Waals surface area contributed by atoms with Gasteiger partial charge < -0.3 is 4.74 Å². The number of rotatable bonds is 4. The van der Waals surface area contributed by atoms with Gasteiger partial charge in [0, 0.05) is 25.3 Å². The van der Waals surface area contributed by atoms with Crippen LogP contribution in [0, 0.1) is 0 Å². The Bertz CT molecular complexity index is 1030. The van der Waals surface area contributed by atoms with E-state index in [1.165, 1.54) is 0 Å². The Balaban J connectivity index is 2.02. The zero-order valence-electron chi connectivity index (χ0n) is 16.2. The third-order valence-electron chi connectivity index (χ3n) is 5.26. The van der Waals surface area contributed by atoms with Gasteiger partial charge in [-0.25, -0.2) is 0 Å². The second kappa shape index (κ2) is 7.79. The maximum atomic E-state index is 6.35. The highest BCUT2D eigenvalue weighted by Crippen LogP contribution is 2.46. The van der Waals surface area contributed by atoms with Gasteiger partial charge in [0.1, 0.15) is 0 Å². The smallest absolute Gasteiger partial charge is 0.160 e. The Hall–Kier alpha value is -3.23. The van der Waals surface area contributed by atoms with E-state index in [0.29, 0.717) is 0 Å². The molecule has 0 saturated heterocycles. The summed E-state index contributed by atoms with van der Waals surface area (Å²) in [6.45, 7) is 0.